The molecule has 1 aliphatic heterocycles. The van der Waals surface area contributed by atoms with Crippen molar-refractivity contribution in [3.8, 4) is 5.75 Å². The molecular weight excluding hydrogens is 379 g/mol. The molecule has 0 radical (unpaired) electrons. The largest absolute Gasteiger partial charge is 0.497 e. The molecule has 158 valence electrons. The molecule has 0 spiro atoms. The van der Waals surface area contributed by atoms with Gasteiger partial charge in [0.05, 0.1) is 19.8 Å². The summed E-state index contributed by atoms with van der Waals surface area (Å²) < 4.78 is 28.3. The molecule has 0 bridgehead atoms. The van der Waals surface area contributed by atoms with E-state index in [4.69, 9.17) is 9.47 Å². The second-order valence-electron chi connectivity index (χ2n) is 7.50. The highest BCUT2D eigenvalue weighted by Crippen LogP contribution is 2.46. The van der Waals surface area contributed by atoms with Gasteiger partial charge in [-0.3, -0.25) is 13.9 Å². The van der Waals surface area contributed by atoms with E-state index in [-0.39, 0.29) is 6.54 Å². The first-order valence-corrected chi connectivity index (χ1v) is 9.70. The fourth-order valence-electron chi connectivity index (χ4n) is 4.09. The summed E-state index contributed by atoms with van der Waals surface area (Å²) in [4.78, 5) is 25.3. The van der Waals surface area contributed by atoms with Gasteiger partial charge in [-0.25, -0.2) is 9.18 Å². The van der Waals surface area contributed by atoms with Crippen LogP contribution in [0.5, 0.6) is 5.75 Å². The summed E-state index contributed by atoms with van der Waals surface area (Å²) in [5, 5.41) is 10.2. The van der Waals surface area contributed by atoms with E-state index in [1.54, 1.807) is 45.2 Å². The van der Waals surface area contributed by atoms with Crippen molar-refractivity contribution in [2.24, 2.45) is 5.92 Å². The van der Waals surface area contributed by atoms with Crippen LogP contribution >= 0.6 is 0 Å². The molecule has 0 amide bonds. The number of rotatable bonds is 6. The van der Waals surface area contributed by atoms with Gasteiger partial charge < -0.3 is 14.6 Å². The van der Waals surface area contributed by atoms with Crippen molar-refractivity contribution in [2.45, 2.75) is 57.8 Å². The van der Waals surface area contributed by atoms with E-state index in [1.165, 1.54) is 12.3 Å². The van der Waals surface area contributed by atoms with Crippen LogP contribution in [-0.2, 0) is 11.3 Å². The Balaban J connectivity index is 1.98. The average Bonchev–Trinajstić information content (AvgIpc) is 2.97. The van der Waals surface area contributed by atoms with Crippen LogP contribution in [0.1, 0.15) is 39.0 Å². The van der Waals surface area contributed by atoms with E-state index >= 15 is 4.39 Å². The zero-order valence-electron chi connectivity index (χ0n) is 17.0. The van der Waals surface area contributed by atoms with Crippen LogP contribution in [0.4, 0.5) is 4.39 Å². The molecule has 3 rings (SSSR count). The van der Waals surface area contributed by atoms with E-state index in [2.05, 4.69) is 0 Å². The van der Waals surface area contributed by atoms with Crippen molar-refractivity contribution in [3.05, 3.63) is 62.9 Å². The maximum absolute atomic E-state index is 15.1. The topological polar surface area (TPSA) is 82.7 Å². The molecular formula is C21H27FN2O5. The maximum Gasteiger partial charge on any atom is 0.333 e. The number of aromatic nitrogens is 2. The SMILES string of the molecule is CC[C@@]1([C@H](C)O)O[C@@H](n2ccc(=O)n(Cc3ccc(OC)cc3)c2=O)[C@H](F)[C@@H]1C. The second-order valence-corrected chi connectivity index (χ2v) is 7.50. The summed E-state index contributed by atoms with van der Waals surface area (Å²) in [6.07, 6.45) is -1.98. The Bertz CT molecular complexity index is 968. The smallest absolute Gasteiger partial charge is 0.333 e. The number of aliphatic hydroxyl groups is 1. The fraction of sp³-hybridized carbons (Fsp3) is 0.524. The van der Waals surface area contributed by atoms with E-state index in [0.717, 1.165) is 14.7 Å². The van der Waals surface area contributed by atoms with Gasteiger partial charge in [0.1, 0.15) is 11.4 Å². The van der Waals surface area contributed by atoms with Gasteiger partial charge in [-0.2, -0.15) is 0 Å². The molecule has 1 aliphatic rings. The highest BCUT2D eigenvalue weighted by Gasteiger charge is 2.55. The molecule has 0 saturated carbocycles. The van der Waals surface area contributed by atoms with Gasteiger partial charge in [0.25, 0.3) is 5.56 Å². The van der Waals surface area contributed by atoms with Crippen molar-refractivity contribution >= 4 is 0 Å². The first-order chi connectivity index (χ1) is 13.7. The third-order valence-corrected chi connectivity index (χ3v) is 5.99. The Labute approximate surface area is 168 Å². The molecule has 1 saturated heterocycles. The quantitative estimate of drug-likeness (QED) is 0.795. The first-order valence-electron chi connectivity index (χ1n) is 9.70. The molecule has 1 aromatic heterocycles. The average molecular weight is 406 g/mol. The van der Waals surface area contributed by atoms with Crippen molar-refractivity contribution in [1.29, 1.82) is 0 Å². The van der Waals surface area contributed by atoms with E-state index in [9.17, 15) is 14.7 Å². The summed E-state index contributed by atoms with van der Waals surface area (Å²) in [7, 11) is 1.55. The third-order valence-electron chi connectivity index (χ3n) is 5.99. The highest BCUT2D eigenvalue weighted by atomic mass is 19.1. The molecule has 1 N–H and O–H groups in total. The molecule has 7 nitrogen and oxygen atoms in total. The Morgan fingerprint density at radius 3 is 2.45 bits per heavy atom. The number of hydrogen-bond acceptors (Lipinski definition) is 5. The van der Waals surface area contributed by atoms with E-state index in [1.807, 2.05) is 6.92 Å². The number of alkyl halides is 1. The van der Waals surface area contributed by atoms with Gasteiger partial charge in [0.2, 0.25) is 0 Å². The Hall–Kier alpha value is -2.45. The minimum atomic E-state index is -1.51. The van der Waals surface area contributed by atoms with E-state index in [0.29, 0.717) is 12.2 Å². The third kappa shape index (κ3) is 3.62. The zero-order valence-corrected chi connectivity index (χ0v) is 17.0. The van der Waals surface area contributed by atoms with Gasteiger partial charge in [-0.05, 0) is 31.0 Å². The number of methoxy groups -OCH3 is 1. The molecule has 8 heteroatoms. The Morgan fingerprint density at radius 1 is 1.28 bits per heavy atom. The Kier molecular flexibility index (Phi) is 5.95. The summed E-state index contributed by atoms with van der Waals surface area (Å²) in [5.74, 6) is 0.0422. The first kappa shape index (κ1) is 21.3. The highest BCUT2D eigenvalue weighted by molar-refractivity contribution is 5.27. The van der Waals surface area contributed by atoms with Crippen LogP contribution in [-0.4, -0.2) is 39.2 Å². The minimum Gasteiger partial charge on any atom is -0.497 e. The minimum absolute atomic E-state index is 0.0387. The summed E-state index contributed by atoms with van der Waals surface area (Å²) in [6.45, 7) is 5.07. The van der Waals surface area contributed by atoms with Gasteiger partial charge in [0.15, 0.2) is 12.4 Å². The molecule has 0 aliphatic carbocycles. The molecule has 5 atom stereocenters. The predicted molar refractivity (Wildman–Crippen MR) is 106 cm³/mol. The van der Waals surface area contributed by atoms with Crippen molar-refractivity contribution < 1.29 is 19.0 Å². The van der Waals surface area contributed by atoms with Crippen molar-refractivity contribution in [3.63, 3.8) is 0 Å². The molecule has 1 aromatic carbocycles. The monoisotopic (exact) mass is 406 g/mol. The molecule has 29 heavy (non-hydrogen) atoms. The van der Waals surface area contributed by atoms with E-state index < -0.39 is 41.3 Å². The van der Waals surface area contributed by atoms with Gasteiger partial charge in [-0.1, -0.05) is 26.0 Å². The number of benzene rings is 1. The lowest BCUT2D eigenvalue weighted by atomic mass is 9.81. The summed E-state index contributed by atoms with van der Waals surface area (Å²) >= 11 is 0. The number of aliphatic hydroxyl groups excluding tert-OH is 1. The lowest BCUT2D eigenvalue weighted by Gasteiger charge is -2.34. The standard InChI is InChI=1S/C21H27FN2O5/c1-5-21(14(3)25)13(2)18(22)19(29-21)23-11-10-17(26)24(20(23)27)12-15-6-8-16(28-4)9-7-15/h6-11,13-14,18-19,25H,5,12H2,1-4H3/t13-,14-,18+,19+,21+/m0/s1. The molecule has 1 fully saturated rings. The molecule has 2 heterocycles. The maximum atomic E-state index is 15.1. The van der Waals surface area contributed by atoms with Crippen LogP contribution in [0, 0.1) is 5.92 Å². The number of nitrogens with zero attached hydrogens (tertiary/aromatic N) is 2. The van der Waals surface area contributed by atoms with Crippen LogP contribution in [0.15, 0.2) is 46.1 Å². The molecule has 2 aromatic rings. The lowest BCUT2D eigenvalue weighted by Crippen LogP contribution is -2.45. The van der Waals surface area contributed by atoms with Crippen molar-refractivity contribution in [1.82, 2.24) is 9.13 Å². The second kappa shape index (κ2) is 8.12. The number of ether oxygens (including phenoxy) is 2. The fourth-order valence-corrected chi connectivity index (χ4v) is 4.09. The van der Waals surface area contributed by atoms with Crippen molar-refractivity contribution in [2.75, 3.05) is 7.11 Å². The predicted octanol–water partition coefficient (Wildman–Crippen LogP) is 2.10. The number of halogens is 1. The summed E-state index contributed by atoms with van der Waals surface area (Å²) in [6, 6.07) is 8.20. The van der Waals surface area contributed by atoms with Gasteiger partial charge in [0, 0.05) is 18.2 Å². The molecule has 0 unspecified atom stereocenters. The normalized spacial score (nSPS) is 27.7. The Morgan fingerprint density at radius 2 is 1.93 bits per heavy atom. The number of hydrogen-bond donors (Lipinski definition) is 1. The zero-order chi connectivity index (χ0) is 21.3. The van der Waals surface area contributed by atoms with Crippen LogP contribution < -0.4 is 16.0 Å². The van der Waals surface area contributed by atoms with Crippen LogP contribution in [0.3, 0.4) is 0 Å². The summed E-state index contributed by atoms with van der Waals surface area (Å²) in [5.41, 5.74) is -1.51. The van der Waals surface area contributed by atoms with Crippen LogP contribution in [0.2, 0.25) is 0 Å². The lowest BCUT2D eigenvalue weighted by molar-refractivity contribution is -0.146. The van der Waals surface area contributed by atoms with Gasteiger partial charge in [-0.15, -0.1) is 0 Å². The van der Waals surface area contributed by atoms with Crippen LogP contribution in [0.25, 0.3) is 0 Å². The van der Waals surface area contributed by atoms with Gasteiger partial charge >= 0.3 is 5.69 Å².